The molecule has 1 heterocycles. The predicted octanol–water partition coefficient (Wildman–Crippen LogP) is 4.05. The third-order valence-corrected chi connectivity index (χ3v) is 7.43. The summed E-state index contributed by atoms with van der Waals surface area (Å²) >= 11 is 6.21. The van der Waals surface area contributed by atoms with Gasteiger partial charge in [0.25, 0.3) is 11.8 Å². The monoisotopic (exact) mass is 530 g/mol. The van der Waals surface area contributed by atoms with Gasteiger partial charge in [-0.3, -0.25) is 19.4 Å². The van der Waals surface area contributed by atoms with E-state index in [0.29, 0.717) is 28.4 Å². The highest BCUT2D eigenvalue weighted by Gasteiger charge is 2.44. The molecule has 3 aromatic carbocycles. The highest BCUT2D eigenvalue weighted by Crippen LogP contribution is 2.46. The van der Waals surface area contributed by atoms with Crippen molar-refractivity contribution >= 4 is 46.3 Å². The van der Waals surface area contributed by atoms with Crippen molar-refractivity contribution in [2.45, 2.75) is 31.7 Å². The van der Waals surface area contributed by atoms with Crippen LogP contribution in [0.2, 0.25) is 5.02 Å². The van der Waals surface area contributed by atoms with E-state index >= 15 is 0 Å². The van der Waals surface area contributed by atoms with E-state index in [4.69, 9.17) is 22.4 Å². The van der Waals surface area contributed by atoms with Crippen LogP contribution in [0, 0.1) is 5.92 Å². The zero-order valence-corrected chi connectivity index (χ0v) is 21.3. The number of Topliss-reactive ketones (excluding diaryl/α,β-unsaturated/α-hetero) is 1. The van der Waals surface area contributed by atoms with Gasteiger partial charge in [0, 0.05) is 18.0 Å². The van der Waals surface area contributed by atoms with Crippen molar-refractivity contribution in [3.8, 4) is 0 Å². The van der Waals surface area contributed by atoms with Gasteiger partial charge in [-0.25, -0.2) is 0 Å². The number of aliphatic hydroxyl groups excluding tert-OH is 1. The smallest absolute Gasteiger partial charge is 0.265 e. The van der Waals surface area contributed by atoms with Crippen LogP contribution in [0.5, 0.6) is 0 Å². The van der Waals surface area contributed by atoms with Crippen molar-refractivity contribution in [1.29, 1.82) is 0 Å². The average Bonchev–Trinajstić information content (AvgIpc) is 3.33. The third kappa shape index (κ3) is 5.05. The maximum absolute atomic E-state index is 12.9. The Kier molecular flexibility index (Phi) is 7.26. The molecule has 0 saturated carbocycles. The number of nitrogens with two attached hydrogens (primary N) is 1. The fourth-order valence-corrected chi connectivity index (χ4v) is 5.40. The predicted molar refractivity (Wildman–Crippen MR) is 146 cm³/mol. The number of nitrogens with zero attached hydrogens (tertiary/aromatic N) is 2. The van der Waals surface area contributed by atoms with Crippen LogP contribution in [0.1, 0.15) is 45.9 Å². The second-order valence-corrected chi connectivity index (χ2v) is 9.90. The van der Waals surface area contributed by atoms with Gasteiger partial charge in [0.1, 0.15) is 12.3 Å². The molecule has 2 atom stereocenters. The molecular formula is C29H27ClN4O4. The molecule has 4 N–H and O–H groups in total. The minimum Gasteiger partial charge on any atom is -0.389 e. The molecule has 0 spiro atoms. The number of anilines is 2. The maximum atomic E-state index is 12.9. The summed E-state index contributed by atoms with van der Waals surface area (Å²) in [7, 11) is 0. The van der Waals surface area contributed by atoms with E-state index < -0.39 is 12.5 Å². The molecule has 194 valence electrons. The first kappa shape index (κ1) is 25.6. The summed E-state index contributed by atoms with van der Waals surface area (Å²) in [6.45, 7) is -0.459. The molecule has 3 aromatic rings. The number of aryl methyl sites for hydroxylation is 2. The number of carbonyl (C=O) groups excluding carboxylic acids is 3. The molecule has 9 heteroatoms. The van der Waals surface area contributed by atoms with Gasteiger partial charge in [-0.2, -0.15) is 5.10 Å². The first-order valence-electron chi connectivity index (χ1n) is 12.4. The summed E-state index contributed by atoms with van der Waals surface area (Å²) in [5, 5.41) is 18.7. The van der Waals surface area contributed by atoms with Crippen molar-refractivity contribution in [2.75, 3.05) is 16.9 Å². The molecule has 2 aliphatic rings. The molecule has 1 aliphatic heterocycles. The van der Waals surface area contributed by atoms with Crippen LogP contribution in [0.15, 0.2) is 71.8 Å². The molecule has 1 aliphatic carbocycles. The van der Waals surface area contributed by atoms with E-state index in [9.17, 15) is 14.4 Å². The largest absolute Gasteiger partial charge is 0.389 e. The Morgan fingerprint density at radius 2 is 1.84 bits per heavy atom. The van der Waals surface area contributed by atoms with Gasteiger partial charge in [0.15, 0.2) is 5.78 Å². The summed E-state index contributed by atoms with van der Waals surface area (Å²) in [5.74, 6) is -1.25. The Morgan fingerprint density at radius 1 is 1.08 bits per heavy atom. The average molecular weight is 531 g/mol. The Bertz CT molecular complexity index is 1440. The Hall–Kier alpha value is -4.01. The van der Waals surface area contributed by atoms with Gasteiger partial charge in [-0.15, -0.1) is 0 Å². The fourth-order valence-electron chi connectivity index (χ4n) is 5.17. The lowest BCUT2D eigenvalue weighted by Gasteiger charge is -2.34. The molecule has 38 heavy (non-hydrogen) atoms. The van der Waals surface area contributed by atoms with Crippen LogP contribution in [0.3, 0.4) is 0 Å². The van der Waals surface area contributed by atoms with Crippen molar-refractivity contribution in [3.05, 3.63) is 94.0 Å². The van der Waals surface area contributed by atoms with E-state index in [-0.39, 0.29) is 30.1 Å². The highest BCUT2D eigenvalue weighted by molar-refractivity contribution is 6.40. The fraction of sp³-hybridized carbons (Fsp3) is 0.241. The second-order valence-electron chi connectivity index (χ2n) is 9.49. The van der Waals surface area contributed by atoms with E-state index in [1.54, 1.807) is 24.3 Å². The number of hydrogen-bond donors (Lipinski definition) is 3. The van der Waals surface area contributed by atoms with Gasteiger partial charge >= 0.3 is 0 Å². The van der Waals surface area contributed by atoms with E-state index in [1.165, 1.54) is 0 Å². The number of aliphatic hydroxyl groups is 1. The number of halogens is 1. The Morgan fingerprint density at radius 3 is 2.55 bits per heavy atom. The van der Waals surface area contributed by atoms with E-state index in [0.717, 1.165) is 35.2 Å². The number of hydrogen-bond acceptors (Lipinski definition) is 6. The molecule has 0 bridgehead atoms. The molecule has 2 amide bonds. The lowest BCUT2D eigenvalue weighted by molar-refractivity contribution is -0.121. The van der Waals surface area contributed by atoms with Gasteiger partial charge in [-0.1, -0.05) is 41.9 Å². The number of primary amides is 1. The van der Waals surface area contributed by atoms with Crippen molar-refractivity contribution in [3.63, 3.8) is 0 Å². The number of nitrogens with one attached hydrogen (secondary N) is 1. The quantitative estimate of drug-likeness (QED) is 0.405. The van der Waals surface area contributed by atoms with Crippen LogP contribution in [0.25, 0.3) is 0 Å². The summed E-state index contributed by atoms with van der Waals surface area (Å²) < 4.78 is 0. The number of ketones is 1. The van der Waals surface area contributed by atoms with E-state index in [2.05, 4.69) is 10.4 Å². The Labute approximate surface area is 225 Å². The van der Waals surface area contributed by atoms with Crippen molar-refractivity contribution in [2.24, 2.45) is 16.8 Å². The molecule has 2 unspecified atom stereocenters. The minimum absolute atomic E-state index is 0.184. The number of amides is 2. The normalized spacial score (nSPS) is 17.8. The lowest BCUT2D eigenvalue weighted by Crippen LogP contribution is -2.34. The molecule has 8 nitrogen and oxygen atoms in total. The van der Waals surface area contributed by atoms with Crippen molar-refractivity contribution < 1.29 is 19.5 Å². The Balaban J connectivity index is 1.45. The number of benzene rings is 3. The van der Waals surface area contributed by atoms with Crippen LogP contribution in [-0.2, 0) is 22.4 Å². The summed E-state index contributed by atoms with van der Waals surface area (Å²) in [6.07, 6.45) is 2.28. The highest BCUT2D eigenvalue weighted by atomic mass is 35.5. The van der Waals surface area contributed by atoms with Gasteiger partial charge < -0.3 is 16.2 Å². The van der Waals surface area contributed by atoms with Gasteiger partial charge in [0.05, 0.1) is 22.3 Å². The summed E-state index contributed by atoms with van der Waals surface area (Å²) in [4.78, 5) is 36.7. The molecular weight excluding hydrogens is 504 g/mol. The van der Waals surface area contributed by atoms with Crippen molar-refractivity contribution in [1.82, 2.24) is 0 Å². The third-order valence-electron chi connectivity index (χ3n) is 7.10. The number of hydrazone groups is 1. The first-order valence-corrected chi connectivity index (χ1v) is 12.8. The van der Waals surface area contributed by atoms with Crippen LogP contribution < -0.4 is 16.1 Å². The van der Waals surface area contributed by atoms with Crippen LogP contribution in [-0.4, -0.2) is 35.0 Å². The lowest BCUT2D eigenvalue weighted by atomic mass is 9.77. The van der Waals surface area contributed by atoms with Gasteiger partial charge in [-0.05, 0) is 72.4 Å². The molecule has 0 fully saturated rings. The summed E-state index contributed by atoms with van der Waals surface area (Å²) in [6, 6.07) is 20.0. The second kappa shape index (κ2) is 10.8. The zero-order valence-electron chi connectivity index (χ0n) is 20.6. The molecule has 0 saturated heterocycles. The number of carbonyl (C=O) groups is 3. The van der Waals surface area contributed by atoms with Gasteiger partial charge in [0.2, 0.25) is 0 Å². The summed E-state index contributed by atoms with van der Waals surface area (Å²) in [5.41, 5.74) is 10.9. The van der Waals surface area contributed by atoms with E-state index in [1.807, 2.05) is 47.5 Å². The SMILES string of the molecule is NC(=O)C1=NN(c2ccc(CCC(=O)CO)cc2)C2c3cc(NC(=O)c4ccccc4Cl)ccc3CCC12. The topological polar surface area (TPSA) is 125 Å². The zero-order chi connectivity index (χ0) is 26.8. The number of rotatable bonds is 8. The van der Waals surface area contributed by atoms with Crippen LogP contribution >= 0.6 is 11.6 Å². The molecule has 0 aromatic heterocycles. The molecule has 5 rings (SSSR count). The first-order chi connectivity index (χ1) is 18.4. The standard InChI is InChI=1S/C29H27ClN4O4/c30-25-4-2-1-3-22(25)29(38)32-19-10-8-18-9-14-23-26(28(31)37)33-34(27(23)24(18)15-19)20-11-5-17(6-12-20)7-13-21(36)16-35/h1-6,8,10-12,15,23,27,35H,7,9,13-14,16H2,(H2,31,37)(H,32,38). The van der Waals surface area contributed by atoms with Crippen LogP contribution in [0.4, 0.5) is 11.4 Å². The molecule has 0 radical (unpaired) electrons. The maximum Gasteiger partial charge on any atom is 0.265 e. The minimum atomic E-state index is -0.548. The number of fused-ring (bicyclic) bond motifs is 3.